The van der Waals surface area contributed by atoms with Crippen LogP contribution in [0.15, 0.2) is 42.6 Å². The number of carbonyl (C=O) groups excluding carboxylic acids is 2. The van der Waals surface area contributed by atoms with Crippen molar-refractivity contribution in [2.75, 3.05) is 19.6 Å². The van der Waals surface area contributed by atoms with E-state index < -0.39 is 5.82 Å². The Morgan fingerprint density at radius 2 is 1.90 bits per heavy atom. The molecule has 2 rings (SSSR count). The summed E-state index contributed by atoms with van der Waals surface area (Å²) in [7, 11) is 1.95. The highest BCUT2D eigenvalue weighted by molar-refractivity contribution is 5.96. The third-order valence-corrected chi connectivity index (χ3v) is 4.81. The predicted molar refractivity (Wildman–Crippen MR) is 113 cm³/mol. The topological polar surface area (TPSA) is 45.6 Å². The van der Waals surface area contributed by atoms with Gasteiger partial charge in [-0.25, -0.2) is 4.39 Å². The molecule has 0 unspecified atom stereocenters. The molecular weight excluding hydrogens is 369 g/mol. The van der Waals surface area contributed by atoms with E-state index in [1.807, 2.05) is 48.7 Å². The van der Waals surface area contributed by atoms with E-state index in [2.05, 4.69) is 6.92 Å². The van der Waals surface area contributed by atoms with Crippen LogP contribution in [0.5, 0.6) is 0 Å². The van der Waals surface area contributed by atoms with Crippen molar-refractivity contribution in [2.24, 2.45) is 13.0 Å². The minimum absolute atomic E-state index is 0.0122. The Bertz CT molecular complexity index is 816. The number of halogens is 1. The van der Waals surface area contributed by atoms with Crippen LogP contribution in [0, 0.1) is 11.7 Å². The number of carbonyl (C=O) groups is 2. The second-order valence-electron chi connectivity index (χ2n) is 7.87. The molecule has 0 atom stereocenters. The van der Waals surface area contributed by atoms with Gasteiger partial charge in [-0.1, -0.05) is 33.3 Å². The van der Waals surface area contributed by atoms with Gasteiger partial charge in [0.05, 0.1) is 6.54 Å². The van der Waals surface area contributed by atoms with Crippen molar-refractivity contribution in [2.45, 2.75) is 40.2 Å². The first-order valence-corrected chi connectivity index (χ1v) is 10.2. The summed E-state index contributed by atoms with van der Waals surface area (Å²) in [5, 5.41) is 0. The summed E-state index contributed by atoms with van der Waals surface area (Å²) in [6, 6.07) is 9.58. The maximum Gasteiger partial charge on any atom is 0.254 e. The van der Waals surface area contributed by atoms with E-state index in [1.165, 1.54) is 23.1 Å². The summed E-state index contributed by atoms with van der Waals surface area (Å²) in [6.07, 6.45) is 3.84. The Morgan fingerprint density at radius 1 is 1.14 bits per heavy atom. The number of hydrogen-bond acceptors (Lipinski definition) is 2. The van der Waals surface area contributed by atoms with Gasteiger partial charge in [0.15, 0.2) is 0 Å². The van der Waals surface area contributed by atoms with Crippen LogP contribution in [0.4, 0.5) is 4.39 Å². The molecule has 5 nitrogen and oxygen atoms in total. The molecule has 0 fully saturated rings. The third-order valence-electron chi connectivity index (χ3n) is 4.81. The largest absolute Gasteiger partial charge is 0.353 e. The fourth-order valence-corrected chi connectivity index (χ4v) is 3.22. The zero-order chi connectivity index (χ0) is 21.4. The average Bonchev–Trinajstić information content (AvgIpc) is 3.08. The summed E-state index contributed by atoms with van der Waals surface area (Å²) in [6.45, 7) is 7.65. The fraction of sp³-hybridized carbons (Fsp3) is 0.478. The summed E-state index contributed by atoms with van der Waals surface area (Å²) in [5.41, 5.74) is 1.31. The van der Waals surface area contributed by atoms with Gasteiger partial charge in [-0.15, -0.1) is 0 Å². The highest BCUT2D eigenvalue weighted by Crippen LogP contribution is 2.12. The smallest absolute Gasteiger partial charge is 0.254 e. The van der Waals surface area contributed by atoms with E-state index >= 15 is 0 Å². The molecule has 29 heavy (non-hydrogen) atoms. The van der Waals surface area contributed by atoms with Gasteiger partial charge in [-0.2, -0.15) is 0 Å². The number of amides is 2. The van der Waals surface area contributed by atoms with Gasteiger partial charge in [0.1, 0.15) is 12.4 Å². The summed E-state index contributed by atoms with van der Waals surface area (Å²) in [5.74, 6) is -0.678. The van der Waals surface area contributed by atoms with Crippen LogP contribution in [-0.4, -0.2) is 45.8 Å². The van der Waals surface area contributed by atoms with Crippen molar-refractivity contribution in [3.05, 3.63) is 59.7 Å². The first-order valence-electron chi connectivity index (χ1n) is 10.2. The van der Waals surface area contributed by atoms with Crippen LogP contribution in [0.1, 0.15) is 49.7 Å². The van der Waals surface area contributed by atoms with Gasteiger partial charge in [0.25, 0.3) is 5.91 Å². The lowest BCUT2D eigenvalue weighted by Gasteiger charge is -2.29. The molecule has 0 N–H and O–H groups in total. The van der Waals surface area contributed by atoms with Crippen molar-refractivity contribution in [1.82, 2.24) is 14.4 Å². The fourth-order valence-electron chi connectivity index (χ4n) is 3.22. The molecule has 1 heterocycles. The first-order chi connectivity index (χ1) is 13.8. The van der Waals surface area contributed by atoms with Gasteiger partial charge >= 0.3 is 0 Å². The van der Waals surface area contributed by atoms with Crippen molar-refractivity contribution >= 4 is 11.8 Å². The lowest BCUT2D eigenvalue weighted by Crippen LogP contribution is -2.44. The maximum absolute atomic E-state index is 13.6. The van der Waals surface area contributed by atoms with Crippen LogP contribution in [0.25, 0.3) is 0 Å². The van der Waals surface area contributed by atoms with E-state index in [1.54, 1.807) is 6.07 Å². The molecule has 0 saturated heterocycles. The van der Waals surface area contributed by atoms with Crippen LogP contribution in [0.3, 0.4) is 0 Å². The second-order valence-corrected chi connectivity index (χ2v) is 7.87. The third kappa shape index (κ3) is 6.73. The molecule has 2 aromatic rings. The minimum atomic E-state index is -0.458. The van der Waals surface area contributed by atoms with Crippen molar-refractivity contribution in [3.63, 3.8) is 0 Å². The molecule has 0 aliphatic rings. The molecule has 1 aromatic carbocycles. The number of nitrogens with zero attached hydrogens (tertiary/aromatic N) is 3. The van der Waals surface area contributed by atoms with E-state index in [9.17, 15) is 14.0 Å². The highest BCUT2D eigenvalue weighted by atomic mass is 19.1. The van der Waals surface area contributed by atoms with Gasteiger partial charge < -0.3 is 14.4 Å². The highest BCUT2D eigenvalue weighted by Gasteiger charge is 2.23. The van der Waals surface area contributed by atoms with Crippen LogP contribution < -0.4 is 0 Å². The van der Waals surface area contributed by atoms with E-state index in [-0.39, 0.29) is 29.8 Å². The first kappa shape index (κ1) is 22.7. The Morgan fingerprint density at radius 3 is 2.48 bits per heavy atom. The zero-order valence-corrected chi connectivity index (χ0v) is 17.9. The zero-order valence-electron chi connectivity index (χ0n) is 17.9. The van der Waals surface area contributed by atoms with Crippen molar-refractivity contribution in [3.8, 4) is 0 Å². The second kappa shape index (κ2) is 10.8. The minimum Gasteiger partial charge on any atom is -0.353 e. The normalized spacial score (nSPS) is 11.0. The van der Waals surface area contributed by atoms with Crippen LogP contribution >= 0.6 is 0 Å². The number of aryl methyl sites for hydroxylation is 1. The standard InChI is InChI=1S/C23H32FN3O2/c1-5-6-13-26(16-21-11-8-12-25(21)4)22(28)17-27(15-18(2)3)23(29)19-9-7-10-20(24)14-19/h7-12,14,18H,5-6,13,15-17H2,1-4H3. The van der Waals surface area contributed by atoms with E-state index in [0.717, 1.165) is 18.5 Å². The van der Waals surface area contributed by atoms with E-state index in [4.69, 9.17) is 0 Å². The summed E-state index contributed by atoms with van der Waals surface area (Å²) >= 11 is 0. The molecule has 0 aliphatic heterocycles. The van der Waals surface area contributed by atoms with Gasteiger partial charge in [0, 0.05) is 37.6 Å². The van der Waals surface area contributed by atoms with Gasteiger partial charge in [0.2, 0.25) is 5.91 Å². The molecule has 0 radical (unpaired) electrons. The lowest BCUT2D eigenvalue weighted by atomic mass is 10.1. The quantitative estimate of drug-likeness (QED) is 0.602. The SMILES string of the molecule is CCCCN(Cc1cccn1C)C(=O)CN(CC(C)C)C(=O)c1cccc(F)c1. The Balaban J connectivity index is 2.18. The molecule has 158 valence electrons. The number of rotatable bonds is 10. The molecule has 0 bridgehead atoms. The van der Waals surface area contributed by atoms with Crippen molar-refractivity contribution in [1.29, 1.82) is 0 Å². The Hall–Kier alpha value is -2.63. The molecule has 0 spiro atoms. The van der Waals surface area contributed by atoms with Gasteiger partial charge in [-0.3, -0.25) is 9.59 Å². The average molecular weight is 402 g/mol. The monoisotopic (exact) mass is 401 g/mol. The number of benzene rings is 1. The number of aromatic nitrogens is 1. The summed E-state index contributed by atoms with van der Waals surface area (Å²) < 4.78 is 15.6. The number of unbranched alkanes of at least 4 members (excludes halogenated alkanes) is 1. The predicted octanol–water partition coefficient (Wildman–Crippen LogP) is 4.09. The van der Waals surface area contributed by atoms with E-state index in [0.29, 0.717) is 19.6 Å². The lowest BCUT2D eigenvalue weighted by molar-refractivity contribution is -0.132. The van der Waals surface area contributed by atoms with Gasteiger partial charge in [-0.05, 0) is 42.7 Å². The Labute approximate surface area is 173 Å². The molecule has 0 saturated carbocycles. The molecule has 1 aromatic heterocycles. The molecule has 0 aliphatic carbocycles. The Kier molecular flexibility index (Phi) is 8.43. The number of hydrogen-bond donors (Lipinski definition) is 0. The summed E-state index contributed by atoms with van der Waals surface area (Å²) in [4.78, 5) is 29.4. The maximum atomic E-state index is 13.6. The molecule has 2 amide bonds. The molecular formula is C23H32FN3O2. The van der Waals surface area contributed by atoms with Crippen molar-refractivity contribution < 1.29 is 14.0 Å². The molecule has 6 heteroatoms. The van der Waals surface area contributed by atoms with Crippen LogP contribution in [-0.2, 0) is 18.4 Å². The van der Waals surface area contributed by atoms with Crippen LogP contribution in [0.2, 0.25) is 0 Å².